The van der Waals surface area contributed by atoms with Gasteiger partial charge in [0.15, 0.2) is 0 Å². The summed E-state index contributed by atoms with van der Waals surface area (Å²) in [6, 6.07) is 6.96. The maximum Gasteiger partial charge on any atom is 0.240 e. The van der Waals surface area contributed by atoms with Crippen LogP contribution in [0, 0.1) is 12.3 Å². The monoisotopic (exact) mass is 312 g/mol. The van der Waals surface area contributed by atoms with Crippen LogP contribution >= 0.6 is 0 Å². The van der Waals surface area contributed by atoms with Crippen molar-refractivity contribution in [2.45, 2.75) is 24.7 Å². The Morgan fingerprint density at radius 3 is 2.67 bits per heavy atom. The fourth-order valence-electron chi connectivity index (χ4n) is 2.75. The summed E-state index contributed by atoms with van der Waals surface area (Å²) in [4.78, 5) is 0.323. The summed E-state index contributed by atoms with van der Waals surface area (Å²) in [6.07, 6.45) is 1.83. The number of piperidine rings is 1. The number of methoxy groups -OCH3 is 1. The zero-order valence-corrected chi connectivity index (χ0v) is 13.5. The van der Waals surface area contributed by atoms with Gasteiger partial charge in [0, 0.05) is 19.1 Å². The van der Waals surface area contributed by atoms with Gasteiger partial charge in [-0.3, -0.25) is 0 Å². The van der Waals surface area contributed by atoms with E-state index >= 15 is 0 Å². The molecule has 1 aliphatic rings. The molecule has 0 saturated carbocycles. The number of sulfonamides is 1. The molecule has 1 aromatic rings. The molecule has 1 aliphatic heterocycles. The Labute approximate surface area is 127 Å². The summed E-state index contributed by atoms with van der Waals surface area (Å²) < 4.78 is 32.9. The predicted molar refractivity (Wildman–Crippen MR) is 82.8 cm³/mol. The Morgan fingerprint density at radius 1 is 1.33 bits per heavy atom. The van der Waals surface area contributed by atoms with Crippen molar-refractivity contribution in [2.24, 2.45) is 5.41 Å². The van der Waals surface area contributed by atoms with Gasteiger partial charge in [0.05, 0.1) is 11.5 Å². The predicted octanol–water partition coefficient (Wildman–Crippen LogP) is 1.29. The number of rotatable bonds is 6. The highest BCUT2D eigenvalue weighted by molar-refractivity contribution is 7.89. The molecule has 0 aliphatic carbocycles. The van der Waals surface area contributed by atoms with E-state index in [4.69, 9.17) is 4.74 Å². The van der Waals surface area contributed by atoms with Gasteiger partial charge in [0.2, 0.25) is 10.0 Å². The number of ether oxygens (including phenoxy) is 1. The molecule has 1 fully saturated rings. The Balaban J connectivity index is 2.09. The van der Waals surface area contributed by atoms with Crippen LogP contribution in [-0.2, 0) is 14.8 Å². The van der Waals surface area contributed by atoms with Crippen molar-refractivity contribution >= 4 is 10.0 Å². The number of nitrogens with one attached hydrogen (secondary N) is 2. The van der Waals surface area contributed by atoms with Crippen molar-refractivity contribution in [1.29, 1.82) is 0 Å². The molecule has 0 amide bonds. The summed E-state index contributed by atoms with van der Waals surface area (Å²) in [5, 5.41) is 3.30. The second kappa shape index (κ2) is 6.87. The van der Waals surface area contributed by atoms with E-state index in [1.807, 2.05) is 13.0 Å². The van der Waals surface area contributed by atoms with Crippen molar-refractivity contribution < 1.29 is 13.2 Å². The fraction of sp³-hybridized carbons (Fsp3) is 0.600. The van der Waals surface area contributed by atoms with E-state index in [0.717, 1.165) is 31.5 Å². The summed E-state index contributed by atoms with van der Waals surface area (Å²) in [7, 11) is -1.80. The van der Waals surface area contributed by atoms with Crippen LogP contribution in [0.4, 0.5) is 0 Å². The number of hydrogen-bond donors (Lipinski definition) is 2. The van der Waals surface area contributed by atoms with Crippen LogP contribution < -0.4 is 10.0 Å². The van der Waals surface area contributed by atoms with Gasteiger partial charge in [-0.05, 0) is 50.6 Å². The van der Waals surface area contributed by atoms with Gasteiger partial charge < -0.3 is 10.1 Å². The highest BCUT2D eigenvalue weighted by Gasteiger charge is 2.33. The lowest BCUT2D eigenvalue weighted by Crippen LogP contribution is -2.47. The molecule has 1 heterocycles. The van der Waals surface area contributed by atoms with E-state index in [9.17, 15) is 8.42 Å². The van der Waals surface area contributed by atoms with E-state index in [0.29, 0.717) is 18.0 Å². The lowest BCUT2D eigenvalue weighted by molar-refractivity contribution is 0.0577. The topological polar surface area (TPSA) is 67.4 Å². The maximum absolute atomic E-state index is 12.4. The van der Waals surface area contributed by atoms with Crippen LogP contribution in [0.25, 0.3) is 0 Å². The van der Waals surface area contributed by atoms with Gasteiger partial charge in [-0.1, -0.05) is 12.1 Å². The van der Waals surface area contributed by atoms with Gasteiger partial charge in [0.1, 0.15) is 0 Å². The largest absolute Gasteiger partial charge is 0.384 e. The zero-order chi connectivity index (χ0) is 15.3. The lowest BCUT2D eigenvalue weighted by Gasteiger charge is -2.37. The van der Waals surface area contributed by atoms with Crippen LogP contribution in [0.2, 0.25) is 0 Å². The van der Waals surface area contributed by atoms with Gasteiger partial charge in [-0.2, -0.15) is 0 Å². The summed E-state index contributed by atoms with van der Waals surface area (Å²) >= 11 is 0. The van der Waals surface area contributed by atoms with Crippen LogP contribution in [0.5, 0.6) is 0 Å². The SMILES string of the molecule is COCC1(CNS(=O)(=O)c2cccc(C)c2)CCNCC1. The van der Waals surface area contributed by atoms with Gasteiger partial charge in [0.25, 0.3) is 0 Å². The highest BCUT2D eigenvalue weighted by atomic mass is 32.2. The zero-order valence-electron chi connectivity index (χ0n) is 12.7. The molecule has 6 heteroatoms. The van der Waals surface area contributed by atoms with Crippen LogP contribution in [0.1, 0.15) is 18.4 Å². The van der Waals surface area contributed by atoms with Crippen molar-refractivity contribution in [3.05, 3.63) is 29.8 Å². The molecule has 2 N–H and O–H groups in total. The molecule has 0 radical (unpaired) electrons. The highest BCUT2D eigenvalue weighted by Crippen LogP contribution is 2.28. The third-order valence-electron chi connectivity index (χ3n) is 4.05. The molecule has 1 aromatic carbocycles. The normalized spacial score (nSPS) is 18.6. The second-order valence-corrected chi connectivity index (χ2v) is 7.59. The van der Waals surface area contributed by atoms with E-state index < -0.39 is 10.0 Å². The van der Waals surface area contributed by atoms with Crippen LogP contribution in [0.15, 0.2) is 29.2 Å². The Morgan fingerprint density at radius 2 is 2.05 bits per heavy atom. The fourth-order valence-corrected chi connectivity index (χ4v) is 4.01. The summed E-state index contributed by atoms with van der Waals surface area (Å²) in [5.41, 5.74) is 0.822. The molecule has 0 unspecified atom stereocenters. The Hall–Kier alpha value is -0.950. The molecule has 5 nitrogen and oxygen atoms in total. The Bertz CT molecular complexity index is 561. The molecule has 21 heavy (non-hydrogen) atoms. The van der Waals surface area contributed by atoms with E-state index in [2.05, 4.69) is 10.0 Å². The van der Waals surface area contributed by atoms with E-state index in [1.165, 1.54) is 0 Å². The molecule has 0 atom stereocenters. The minimum Gasteiger partial charge on any atom is -0.384 e. The average molecular weight is 312 g/mol. The molecule has 118 valence electrons. The number of benzene rings is 1. The minimum atomic E-state index is -3.46. The van der Waals surface area contributed by atoms with Gasteiger partial charge >= 0.3 is 0 Å². The Kier molecular flexibility index (Phi) is 5.37. The minimum absolute atomic E-state index is 0.114. The van der Waals surface area contributed by atoms with E-state index in [1.54, 1.807) is 25.3 Å². The first-order valence-electron chi connectivity index (χ1n) is 7.23. The van der Waals surface area contributed by atoms with Gasteiger partial charge in [-0.15, -0.1) is 0 Å². The van der Waals surface area contributed by atoms with Crippen molar-refractivity contribution in [3.8, 4) is 0 Å². The third-order valence-corrected chi connectivity index (χ3v) is 5.45. The summed E-state index contributed by atoms with van der Waals surface area (Å²) in [5.74, 6) is 0. The van der Waals surface area contributed by atoms with Gasteiger partial charge in [-0.25, -0.2) is 13.1 Å². The first kappa shape index (κ1) is 16.4. The number of hydrogen-bond acceptors (Lipinski definition) is 4. The van der Waals surface area contributed by atoms with Crippen molar-refractivity contribution in [1.82, 2.24) is 10.0 Å². The first-order valence-corrected chi connectivity index (χ1v) is 8.72. The lowest BCUT2D eigenvalue weighted by atomic mass is 9.80. The molecule has 0 spiro atoms. The van der Waals surface area contributed by atoms with Crippen LogP contribution in [0.3, 0.4) is 0 Å². The summed E-state index contributed by atoms with van der Waals surface area (Å²) in [6.45, 7) is 4.67. The molecular weight excluding hydrogens is 288 g/mol. The number of aryl methyl sites for hydroxylation is 1. The standard InChI is InChI=1S/C15H24N2O3S/c1-13-4-3-5-14(10-13)21(18,19)17-11-15(12-20-2)6-8-16-9-7-15/h3-5,10,16-17H,6-9,11-12H2,1-2H3. The third kappa shape index (κ3) is 4.26. The average Bonchev–Trinajstić information content (AvgIpc) is 2.47. The van der Waals surface area contributed by atoms with Crippen LogP contribution in [-0.4, -0.2) is 41.8 Å². The molecule has 2 rings (SSSR count). The van der Waals surface area contributed by atoms with Crippen molar-refractivity contribution in [2.75, 3.05) is 33.4 Å². The first-order chi connectivity index (χ1) is 9.97. The van der Waals surface area contributed by atoms with E-state index in [-0.39, 0.29) is 5.41 Å². The smallest absolute Gasteiger partial charge is 0.240 e. The molecular formula is C15H24N2O3S. The van der Waals surface area contributed by atoms with Crippen molar-refractivity contribution in [3.63, 3.8) is 0 Å². The second-order valence-electron chi connectivity index (χ2n) is 5.82. The quantitative estimate of drug-likeness (QED) is 0.830. The molecule has 0 bridgehead atoms. The molecule has 1 saturated heterocycles. The molecule has 0 aromatic heterocycles. The maximum atomic E-state index is 12.4.